The maximum atomic E-state index is 7.66. The molecule has 92 valence electrons. The Morgan fingerprint density at radius 2 is 2.00 bits per heavy atom. The van der Waals surface area contributed by atoms with Crippen molar-refractivity contribution in [2.45, 2.75) is 51.5 Å². The third-order valence-corrected chi connectivity index (χ3v) is 4.51. The molecule has 1 saturated carbocycles. The molecule has 0 amide bonds. The van der Waals surface area contributed by atoms with E-state index in [2.05, 4.69) is 11.8 Å². The van der Waals surface area contributed by atoms with E-state index < -0.39 is 0 Å². The molecule has 0 aromatic rings. The van der Waals surface area contributed by atoms with Crippen molar-refractivity contribution in [3.8, 4) is 0 Å². The SMILES string of the molecule is CCC(C(=N)N)N1CCC2CCCCC2C1. The van der Waals surface area contributed by atoms with Crippen molar-refractivity contribution in [3.63, 3.8) is 0 Å². The zero-order valence-electron chi connectivity index (χ0n) is 10.4. The van der Waals surface area contributed by atoms with Crippen molar-refractivity contribution >= 4 is 5.84 Å². The van der Waals surface area contributed by atoms with E-state index in [9.17, 15) is 0 Å². The number of fused-ring (bicyclic) bond motifs is 1. The predicted molar refractivity (Wildman–Crippen MR) is 67.6 cm³/mol. The first-order chi connectivity index (χ1) is 7.72. The van der Waals surface area contributed by atoms with Crippen LogP contribution in [0.2, 0.25) is 0 Å². The van der Waals surface area contributed by atoms with Crippen LogP contribution in [-0.4, -0.2) is 29.9 Å². The Morgan fingerprint density at radius 3 is 2.62 bits per heavy atom. The highest BCUT2D eigenvalue weighted by atomic mass is 15.2. The van der Waals surface area contributed by atoms with Crippen molar-refractivity contribution in [1.82, 2.24) is 4.90 Å². The lowest BCUT2D eigenvalue weighted by Gasteiger charge is -2.44. The number of rotatable bonds is 3. The number of piperidine rings is 1. The number of likely N-dealkylation sites (tertiary alicyclic amines) is 1. The summed E-state index contributed by atoms with van der Waals surface area (Å²) >= 11 is 0. The number of hydrogen-bond donors (Lipinski definition) is 2. The van der Waals surface area contributed by atoms with Gasteiger partial charge in [0.05, 0.1) is 6.04 Å². The van der Waals surface area contributed by atoms with Gasteiger partial charge in [-0.1, -0.05) is 26.2 Å². The van der Waals surface area contributed by atoms with Gasteiger partial charge in [-0.2, -0.15) is 0 Å². The van der Waals surface area contributed by atoms with Crippen LogP contribution in [0.15, 0.2) is 0 Å². The van der Waals surface area contributed by atoms with Crippen LogP contribution in [0, 0.1) is 17.2 Å². The Labute approximate surface area is 98.9 Å². The molecule has 1 saturated heterocycles. The van der Waals surface area contributed by atoms with Gasteiger partial charge in [-0.05, 0) is 37.6 Å². The standard InChI is InChI=1S/C13H25N3/c1-2-12(13(14)15)16-8-7-10-5-3-4-6-11(10)9-16/h10-12H,2-9H2,1H3,(H3,14,15). The molecule has 1 aliphatic heterocycles. The molecule has 1 heterocycles. The minimum absolute atomic E-state index is 0.197. The minimum atomic E-state index is 0.197. The summed E-state index contributed by atoms with van der Waals surface area (Å²) in [6.07, 6.45) is 7.99. The predicted octanol–water partition coefficient (Wildman–Crippen LogP) is 2.21. The average Bonchev–Trinajstić information content (AvgIpc) is 2.29. The second-order valence-corrected chi connectivity index (χ2v) is 5.47. The van der Waals surface area contributed by atoms with Gasteiger partial charge < -0.3 is 5.73 Å². The van der Waals surface area contributed by atoms with Gasteiger partial charge in [-0.25, -0.2) is 0 Å². The summed E-state index contributed by atoms with van der Waals surface area (Å²) in [5, 5.41) is 7.66. The number of amidine groups is 1. The van der Waals surface area contributed by atoms with Crippen LogP contribution < -0.4 is 5.73 Å². The fraction of sp³-hybridized carbons (Fsp3) is 0.923. The van der Waals surface area contributed by atoms with E-state index >= 15 is 0 Å². The molecule has 1 aliphatic carbocycles. The van der Waals surface area contributed by atoms with Gasteiger partial charge in [0.1, 0.15) is 5.84 Å². The molecule has 3 unspecified atom stereocenters. The molecule has 0 aromatic carbocycles. The maximum Gasteiger partial charge on any atom is 0.108 e. The Morgan fingerprint density at radius 1 is 1.31 bits per heavy atom. The fourth-order valence-electron chi connectivity index (χ4n) is 3.59. The summed E-state index contributed by atoms with van der Waals surface area (Å²) in [6, 6.07) is 0.197. The zero-order valence-corrected chi connectivity index (χ0v) is 10.4. The topological polar surface area (TPSA) is 53.1 Å². The lowest BCUT2D eigenvalue weighted by atomic mass is 9.75. The summed E-state index contributed by atoms with van der Waals surface area (Å²) < 4.78 is 0. The molecule has 0 radical (unpaired) electrons. The smallest absolute Gasteiger partial charge is 0.108 e. The molecule has 0 bridgehead atoms. The largest absolute Gasteiger partial charge is 0.386 e. The molecule has 3 nitrogen and oxygen atoms in total. The third kappa shape index (κ3) is 2.40. The lowest BCUT2D eigenvalue weighted by molar-refractivity contribution is 0.0729. The number of nitrogens with two attached hydrogens (primary N) is 1. The molecular formula is C13H25N3. The molecule has 16 heavy (non-hydrogen) atoms. The number of nitrogens with one attached hydrogen (secondary N) is 1. The molecular weight excluding hydrogens is 198 g/mol. The normalized spacial score (nSPS) is 33.1. The summed E-state index contributed by atoms with van der Waals surface area (Å²) in [5.41, 5.74) is 5.69. The summed E-state index contributed by atoms with van der Waals surface area (Å²) in [7, 11) is 0. The van der Waals surface area contributed by atoms with Gasteiger partial charge in [0.15, 0.2) is 0 Å². The Kier molecular flexibility index (Phi) is 3.85. The van der Waals surface area contributed by atoms with Gasteiger partial charge in [-0.15, -0.1) is 0 Å². The second kappa shape index (κ2) is 5.17. The number of hydrogen-bond acceptors (Lipinski definition) is 2. The zero-order chi connectivity index (χ0) is 11.5. The Balaban J connectivity index is 1.95. The molecule has 3 atom stereocenters. The molecule has 3 heteroatoms. The fourth-order valence-corrected chi connectivity index (χ4v) is 3.59. The average molecular weight is 223 g/mol. The minimum Gasteiger partial charge on any atom is -0.386 e. The van der Waals surface area contributed by atoms with E-state index in [1.165, 1.54) is 38.6 Å². The van der Waals surface area contributed by atoms with Crippen molar-refractivity contribution in [3.05, 3.63) is 0 Å². The van der Waals surface area contributed by atoms with E-state index in [1.807, 2.05) is 0 Å². The second-order valence-electron chi connectivity index (χ2n) is 5.47. The molecule has 2 aliphatic rings. The first kappa shape index (κ1) is 11.9. The number of nitrogens with zero attached hydrogens (tertiary/aromatic N) is 1. The third-order valence-electron chi connectivity index (χ3n) is 4.51. The van der Waals surface area contributed by atoms with Crippen LogP contribution in [0.1, 0.15) is 45.4 Å². The van der Waals surface area contributed by atoms with Crippen LogP contribution in [0.5, 0.6) is 0 Å². The summed E-state index contributed by atoms with van der Waals surface area (Å²) in [4.78, 5) is 2.45. The summed E-state index contributed by atoms with van der Waals surface area (Å²) in [5.74, 6) is 2.21. The molecule has 2 fully saturated rings. The molecule has 3 N–H and O–H groups in total. The maximum absolute atomic E-state index is 7.66. The Hall–Kier alpha value is -0.570. The highest BCUT2D eigenvalue weighted by molar-refractivity contribution is 5.82. The van der Waals surface area contributed by atoms with Gasteiger partial charge >= 0.3 is 0 Å². The quantitative estimate of drug-likeness (QED) is 0.569. The highest BCUT2D eigenvalue weighted by Crippen LogP contribution is 2.36. The van der Waals surface area contributed by atoms with Crippen molar-refractivity contribution in [2.24, 2.45) is 17.6 Å². The van der Waals surface area contributed by atoms with Gasteiger partial charge in [-0.3, -0.25) is 10.3 Å². The van der Waals surface area contributed by atoms with Gasteiger partial charge in [0.25, 0.3) is 0 Å². The van der Waals surface area contributed by atoms with Crippen LogP contribution >= 0.6 is 0 Å². The van der Waals surface area contributed by atoms with E-state index in [0.717, 1.165) is 24.8 Å². The van der Waals surface area contributed by atoms with Gasteiger partial charge in [0, 0.05) is 6.54 Å². The van der Waals surface area contributed by atoms with E-state index in [-0.39, 0.29) is 6.04 Å². The van der Waals surface area contributed by atoms with E-state index in [4.69, 9.17) is 11.1 Å². The molecule has 0 spiro atoms. The lowest BCUT2D eigenvalue weighted by Crippen LogP contribution is -2.51. The van der Waals surface area contributed by atoms with Crippen LogP contribution in [0.25, 0.3) is 0 Å². The van der Waals surface area contributed by atoms with Crippen molar-refractivity contribution in [2.75, 3.05) is 13.1 Å². The first-order valence-corrected chi connectivity index (χ1v) is 6.80. The van der Waals surface area contributed by atoms with E-state index in [1.54, 1.807) is 0 Å². The van der Waals surface area contributed by atoms with Crippen LogP contribution in [-0.2, 0) is 0 Å². The van der Waals surface area contributed by atoms with Crippen molar-refractivity contribution in [1.29, 1.82) is 5.41 Å². The van der Waals surface area contributed by atoms with E-state index in [0.29, 0.717) is 5.84 Å². The van der Waals surface area contributed by atoms with Crippen LogP contribution in [0.3, 0.4) is 0 Å². The van der Waals surface area contributed by atoms with Crippen LogP contribution in [0.4, 0.5) is 0 Å². The highest BCUT2D eigenvalue weighted by Gasteiger charge is 2.33. The first-order valence-electron chi connectivity index (χ1n) is 6.80. The van der Waals surface area contributed by atoms with Gasteiger partial charge in [0.2, 0.25) is 0 Å². The van der Waals surface area contributed by atoms with Crippen molar-refractivity contribution < 1.29 is 0 Å². The molecule has 0 aromatic heterocycles. The Bertz CT molecular complexity index is 252. The molecule has 2 rings (SSSR count). The monoisotopic (exact) mass is 223 g/mol. The summed E-state index contributed by atoms with van der Waals surface area (Å²) in [6.45, 7) is 4.47.